The van der Waals surface area contributed by atoms with Crippen molar-refractivity contribution < 1.29 is 0 Å². The zero-order valence-corrected chi connectivity index (χ0v) is 11.6. The Kier molecular flexibility index (Phi) is 3.58. The summed E-state index contributed by atoms with van der Waals surface area (Å²) in [5, 5.41) is 3.79. The highest BCUT2D eigenvalue weighted by atomic mass is 15.0. The first kappa shape index (κ1) is 12.6. The van der Waals surface area contributed by atoms with Crippen molar-refractivity contribution in [2.24, 2.45) is 5.41 Å². The van der Waals surface area contributed by atoms with Crippen LogP contribution in [0, 0.1) is 12.3 Å². The summed E-state index contributed by atoms with van der Waals surface area (Å²) in [5.41, 5.74) is 3.37. The van der Waals surface area contributed by atoms with Gasteiger partial charge in [0, 0.05) is 12.1 Å². The van der Waals surface area contributed by atoms with Crippen LogP contribution >= 0.6 is 0 Å². The van der Waals surface area contributed by atoms with E-state index in [1.54, 1.807) is 0 Å². The summed E-state index contributed by atoms with van der Waals surface area (Å²) in [7, 11) is 0. The molecule has 1 unspecified atom stereocenters. The number of hydrogen-bond donors (Lipinski definition) is 1. The van der Waals surface area contributed by atoms with Crippen LogP contribution in [0.1, 0.15) is 57.2 Å². The third kappa shape index (κ3) is 3.10. The molecule has 1 aliphatic rings. The minimum Gasteiger partial charge on any atom is -0.307 e. The van der Waals surface area contributed by atoms with Gasteiger partial charge in [0.05, 0.1) is 0 Å². The van der Waals surface area contributed by atoms with E-state index in [0.29, 0.717) is 17.5 Å². The van der Waals surface area contributed by atoms with Gasteiger partial charge in [-0.25, -0.2) is 0 Å². The van der Waals surface area contributed by atoms with Gasteiger partial charge in [-0.1, -0.05) is 38.1 Å². The molecule has 1 aromatic rings. The van der Waals surface area contributed by atoms with E-state index in [1.807, 2.05) is 0 Å². The summed E-state index contributed by atoms with van der Waals surface area (Å²) in [4.78, 5) is 0. The average molecular weight is 231 g/mol. The predicted molar refractivity (Wildman–Crippen MR) is 74.1 cm³/mol. The zero-order chi connectivity index (χ0) is 12.5. The van der Waals surface area contributed by atoms with Gasteiger partial charge in [-0.05, 0) is 49.7 Å². The lowest BCUT2D eigenvalue weighted by molar-refractivity contribution is 0.356. The first-order valence-corrected chi connectivity index (χ1v) is 6.79. The fourth-order valence-corrected chi connectivity index (χ4v) is 3.09. The molecule has 0 saturated heterocycles. The lowest BCUT2D eigenvalue weighted by Gasteiger charge is -2.23. The minimum absolute atomic E-state index is 0.468. The molecule has 0 spiro atoms. The third-order valence-electron chi connectivity index (χ3n) is 4.11. The molecule has 17 heavy (non-hydrogen) atoms. The van der Waals surface area contributed by atoms with E-state index in [-0.39, 0.29) is 0 Å². The molecule has 1 fully saturated rings. The molecule has 2 rings (SSSR count). The molecule has 1 aromatic carbocycles. The van der Waals surface area contributed by atoms with E-state index in [1.165, 1.54) is 30.4 Å². The van der Waals surface area contributed by atoms with E-state index >= 15 is 0 Å². The molecule has 1 N–H and O–H groups in total. The summed E-state index contributed by atoms with van der Waals surface area (Å²) in [5.74, 6) is 0. The first-order valence-electron chi connectivity index (χ1n) is 6.79. The van der Waals surface area contributed by atoms with Crippen molar-refractivity contribution in [3.8, 4) is 0 Å². The largest absolute Gasteiger partial charge is 0.307 e. The fourth-order valence-electron chi connectivity index (χ4n) is 3.09. The standard InChI is InChI=1S/C16H25N/c1-12-7-5-6-8-15(12)13(2)17-14-9-10-16(3,4)11-14/h5-8,13-14,17H,9-11H2,1-4H3/t13-,14?/m0/s1. The Morgan fingerprint density at radius 1 is 1.29 bits per heavy atom. The maximum Gasteiger partial charge on any atom is 0.0296 e. The molecule has 94 valence electrons. The van der Waals surface area contributed by atoms with Gasteiger partial charge in [-0.3, -0.25) is 0 Å². The summed E-state index contributed by atoms with van der Waals surface area (Å²) >= 11 is 0. The monoisotopic (exact) mass is 231 g/mol. The van der Waals surface area contributed by atoms with E-state index in [4.69, 9.17) is 0 Å². The molecule has 0 aliphatic heterocycles. The van der Waals surface area contributed by atoms with Gasteiger partial charge < -0.3 is 5.32 Å². The molecule has 1 aliphatic carbocycles. The molecule has 1 heteroatoms. The molecular formula is C16H25N. The topological polar surface area (TPSA) is 12.0 Å². The van der Waals surface area contributed by atoms with Crippen LogP contribution in [0.2, 0.25) is 0 Å². The van der Waals surface area contributed by atoms with Gasteiger partial charge >= 0.3 is 0 Å². The van der Waals surface area contributed by atoms with Gasteiger partial charge in [-0.2, -0.15) is 0 Å². The number of hydrogen-bond acceptors (Lipinski definition) is 1. The van der Waals surface area contributed by atoms with Crippen LogP contribution in [-0.2, 0) is 0 Å². The average Bonchev–Trinajstić information content (AvgIpc) is 2.58. The van der Waals surface area contributed by atoms with Crippen LogP contribution in [0.5, 0.6) is 0 Å². The Morgan fingerprint density at radius 3 is 2.59 bits per heavy atom. The van der Waals surface area contributed by atoms with Crippen LogP contribution < -0.4 is 5.32 Å². The Bertz CT molecular complexity index is 381. The number of aryl methyl sites for hydroxylation is 1. The van der Waals surface area contributed by atoms with Crippen LogP contribution in [0.4, 0.5) is 0 Å². The number of benzene rings is 1. The van der Waals surface area contributed by atoms with Crippen LogP contribution in [0.3, 0.4) is 0 Å². The van der Waals surface area contributed by atoms with Crippen LogP contribution in [0.25, 0.3) is 0 Å². The van der Waals surface area contributed by atoms with Crippen molar-refractivity contribution >= 4 is 0 Å². The lowest BCUT2D eigenvalue weighted by Crippen LogP contribution is -2.30. The fraction of sp³-hybridized carbons (Fsp3) is 0.625. The normalized spacial score (nSPS) is 24.8. The highest BCUT2D eigenvalue weighted by molar-refractivity contribution is 5.28. The summed E-state index contributed by atoms with van der Waals surface area (Å²) in [6.45, 7) is 9.25. The van der Waals surface area contributed by atoms with Gasteiger partial charge in [0.1, 0.15) is 0 Å². The predicted octanol–water partition coefficient (Wildman–Crippen LogP) is 4.22. The van der Waals surface area contributed by atoms with Crippen LogP contribution in [0.15, 0.2) is 24.3 Å². The smallest absolute Gasteiger partial charge is 0.0296 e. The molecule has 0 amide bonds. The highest BCUT2D eigenvalue weighted by Crippen LogP contribution is 2.37. The molecule has 1 saturated carbocycles. The Hall–Kier alpha value is -0.820. The second-order valence-electron chi connectivity index (χ2n) is 6.35. The number of rotatable bonds is 3. The maximum atomic E-state index is 3.79. The molecule has 0 radical (unpaired) electrons. The SMILES string of the molecule is Cc1ccccc1[C@H](C)NC1CCC(C)(C)C1. The van der Waals surface area contributed by atoms with Gasteiger partial charge in [0.25, 0.3) is 0 Å². The van der Waals surface area contributed by atoms with E-state index in [2.05, 4.69) is 57.3 Å². The van der Waals surface area contributed by atoms with Crippen molar-refractivity contribution in [2.45, 2.75) is 59.0 Å². The van der Waals surface area contributed by atoms with Crippen molar-refractivity contribution in [1.29, 1.82) is 0 Å². The zero-order valence-electron chi connectivity index (χ0n) is 11.6. The van der Waals surface area contributed by atoms with Crippen molar-refractivity contribution in [3.63, 3.8) is 0 Å². The van der Waals surface area contributed by atoms with Gasteiger partial charge in [0.15, 0.2) is 0 Å². The lowest BCUT2D eigenvalue weighted by atomic mass is 9.91. The molecular weight excluding hydrogens is 206 g/mol. The van der Waals surface area contributed by atoms with E-state index in [9.17, 15) is 0 Å². The highest BCUT2D eigenvalue weighted by Gasteiger charge is 2.31. The second-order valence-corrected chi connectivity index (χ2v) is 6.35. The molecule has 0 aromatic heterocycles. The minimum atomic E-state index is 0.468. The Labute approximate surface area is 106 Å². The van der Waals surface area contributed by atoms with Crippen molar-refractivity contribution in [1.82, 2.24) is 5.32 Å². The summed E-state index contributed by atoms with van der Waals surface area (Å²) in [6, 6.07) is 9.86. The van der Waals surface area contributed by atoms with Gasteiger partial charge in [-0.15, -0.1) is 0 Å². The second kappa shape index (κ2) is 4.81. The first-order chi connectivity index (χ1) is 7.98. The Morgan fingerprint density at radius 2 is 2.00 bits per heavy atom. The molecule has 1 nitrogen and oxygen atoms in total. The summed E-state index contributed by atoms with van der Waals surface area (Å²) in [6.07, 6.45) is 3.98. The third-order valence-corrected chi connectivity index (χ3v) is 4.11. The van der Waals surface area contributed by atoms with Crippen molar-refractivity contribution in [3.05, 3.63) is 35.4 Å². The molecule has 0 bridgehead atoms. The quantitative estimate of drug-likeness (QED) is 0.821. The number of nitrogens with one attached hydrogen (secondary N) is 1. The van der Waals surface area contributed by atoms with E-state index in [0.717, 1.165) is 0 Å². The molecule has 2 atom stereocenters. The maximum absolute atomic E-state index is 3.79. The van der Waals surface area contributed by atoms with E-state index < -0.39 is 0 Å². The molecule has 0 heterocycles. The van der Waals surface area contributed by atoms with Gasteiger partial charge in [0.2, 0.25) is 0 Å². The van der Waals surface area contributed by atoms with Crippen LogP contribution in [-0.4, -0.2) is 6.04 Å². The summed E-state index contributed by atoms with van der Waals surface area (Å²) < 4.78 is 0. The Balaban J connectivity index is 1.99. The van der Waals surface area contributed by atoms with Crippen molar-refractivity contribution in [2.75, 3.05) is 0 Å².